The van der Waals surface area contributed by atoms with Gasteiger partial charge in [0.05, 0.1) is 0 Å². The van der Waals surface area contributed by atoms with Gasteiger partial charge in [-0.2, -0.15) is 0 Å². The number of hydrogen-bond donors (Lipinski definition) is 0. The van der Waals surface area contributed by atoms with Crippen LogP contribution >= 0.6 is 0 Å². The molecule has 0 N–H and O–H groups in total. The van der Waals surface area contributed by atoms with Gasteiger partial charge < -0.3 is 9.80 Å². The van der Waals surface area contributed by atoms with Crippen LogP contribution in [0.3, 0.4) is 0 Å². The van der Waals surface area contributed by atoms with E-state index in [4.69, 9.17) is 0 Å². The molecule has 1 aliphatic heterocycles. The maximum absolute atomic E-state index is 14.1. The van der Waals surface area contributed by atoms with E-state index >= 15 is 0 Å². The molecule has 0 aromatic heterocycles. The molecule has 1 heterocycles. The number of nitrogens with zero attached hydrogens (tertiary/aromatic N) is 2. The molecule has 0 radical (unpaired) electrons. The SMILES string of the molecule is CN1CCN(CCCc2ccccc2-c2ccccc2F)CC1. The number of benzene rings is 2. The van der Waals surface area contributed by atoms with Gasteiger partial charge in [0.2, 0.25) is 0 Å². The first kappa shape index (κ1) is 16.2. The summed E-state index contributed by atoms with van der Waals surface area (Å²) >= 11 is 0. The lowest BCUT2D eigenvalue weighted by Gasteiger charge is -2.32. The van der Waals surface area contributed by atoms with Gasteiger partial charge in [-0.05, 0) is 43.6 Å². The molecule has 2 nitrogen and oxygen atoms in total. The molecule has 0 bridgehead atoms. The van der Waals surface area contributed by atoms with Crippen LogP contribution in [0, 0.1) is 5.82 Å². The minimum Gasteiger partial charge on any atom is -0.304 e. The molecule has 1 fully saturated rings. The average molecular weight is 312 g/mol. The zero-order valence-electron chi connectivity index (χ0n) is 13.8. The van der Waals surface area contributed by atoms with Gasteiger partial charge in [-0.3, -0.25) is 0 Å². The summed E-state index contributed by atoms with van der Waals surface area (Å²) in [4.78, 5) is 4.91. The Kier molecular flexibility index (Phi) is 5.42. The predicted molar refractivity (Wildman–Crippen MR) is 94.1 cm³/mol. The molecule has 0 aliphatic carbocycles. The van der Waals surface area contributed by atoms with Gasteiger partial charge in [0.15, 0.2) is 0 Å². The van der Waals surface area contributed by atoms with Gasteiger partial charge in [-0.15, -0.1) is 0 Å². The maximum atomic E-state index is 14.1. The number of piperazine rings is 1. The van der Waals surface area contributed by atoms with E-state index < -0.39 is 0 Å². The summed E-state index contributed by atoms with van der Waals surface area (Å²) < 4.78 is 14.1. The lowest BCUT2D eigenvalue weighted by molar-refractivity contribution is 0.153. The molecule has 0 spiro atoms. The van der Waals surface area contributed by atoms with E-state index in [1.54, 1.807) is 6.07 Å². The Balaban J connectivity index is 1.64. The highest BCUT2D eigenvalue weighted by Gasteiger charge is 2.14. The van der Waals surface area contributed by atoms with Crippen molar-refractivity contribution in [2.24, 2.45) is 0 Å². The second-order valence-electron chi connectivity index (χ2n) is 6.39. The second kappa shape index (κ2) is 7.71. The van der Waals surface area contributed by atoms with Crippen molar-refractivity contribution < 1.29 is 4.39 Å². The maximum Gasteiger partial charge on any atom is 0.131 e. The van der Waals surface area contributed by atoms with Crippen LogP contribution in [0.5, 0.6) is 0 Å². The first-order chi connectivity index (χ1) is 11.2. The van der Waals surface area contributed by atoms with Crippen molar-refractivity contribution in [1.82, 2.24) is 9.80 Å². The molecule has 0 saturated carbocycles. The van der Waals surface area contributed by atoms with Crippen molar-refractivity contribution >= 4 is 0 Å². The quantitative estimate of drug-likeness (QED) is 0.831. The number of aryl methyl sites for hydroxylation is 1. The molecule has 1 saturated heterocycles. The van der Waals surface area contributed by atoms with E-state index in [2.05, 4.69) is 29.0 Å². The number of rotatable bonds is 5. The lowest BCUT2D eigenvalue weighted by atomic mass is 9.96. The summed E-state index contributed by atoms with van der Waals surface area (Å²) in [5.41, 5.74) is 2.98. The fourth-order valence-corrected chi connectivity index (χ4v) is 3.25. The summed E-state index contributed by atoms with van der Waals surface area (Å²) in [5.74, 6) is -0.140. The zero-order chi connectivity index (χ0) is 16.1. The van der Waals surface area contributed by atoms with E-state index in [1.807, 2.05) is 24.3 Å². The second-order valence-corrected chi connectivity index (χ2v) is 6.39. The first-order valence-corrected chi connectivity index (χ1v) is 8.48. The third-order valence-electron chi connectivity index (χ3n) is 4.70. The Bertz CT molecular complexity index is 633. The predicted octanol–water partition coefficient (Wildman–Crippen LogP) is 3.67. The van der Waals surface area contributed by atoms with E-state index in [1.165, 1.54) is 11.6 Å². The third-order valence-corrected chi connectivity index (χ3v) is 4.70. The highest BCUT2D eigenvalue weighted by atomic mass is 19.1. The molecule has 0 amide bonds. The summed E-state index contributed by atoms with van der Waals surface area (Å²) in [7, 11) is 2.18. The van der Waals surface area contributed by atoms with Gasteiger partial charge in [0.1, 0.15) is 5.82 Å². The number of halogens is 1. The van der Waals surface area contributed by atoms with Crippen LogP contribution in [-0.4, -0.2) is 49.6 Å². The molecule has 0 unspecified atom stereocenters. The molecular weight excluding hydrogens is 287 g/mol. The molecule has 23 heavy (non-hydrogen) atoms. The van der Waals surface area contributed by atoms with Gasteiger partial charge in [0.25, 0.3) is 0 Å². The Hall–Kier alpha value is -1.71. The van der Waals surface area contributed by atoms with Crippen LogP contribution in [0.4, 0.5) is 4.39 Å². The molecule has 2 aromatic carbocycles. The standard InChI is InChI=1S/C20H25FN2/c1-22-13-15-23(16-14-22)12-6-8-17-7-2-3-9-18(17)19-10-4-5-11-20(19)21/h2-5,7,9-11H,6,8,12-16H2,1H3. The highest BCUT2D eigenvalue weighted by molar-refractivity contribution is 5.67. The van der Waals surface area contributed by atoms with E-state index in [9.17, 15) is 4.39 Å². The van der Waals surface area contributed by atoms with Crippen molar-refractivity contribution in [2.45, 2.75) is 12.8 Å². The average Bonchev–Trinajstić information content (AvgIpc) is 2.58. The van der Waals surface area contributed by atoms with Gasteiger partial charge >= 0.3 is 0 Å². The number of hydrogen-bond acceptors (Lipinski definition) is 2. The van der Waals surface area contributed by atoms with Gasteiger partial charge in [0, 0.05) is 31.7 Å². The minimum atomic E-state index is -0.140. The van der Waals surface area contributed by atoms with Crippen molar-refractivity contribution in [1.29, 1.82) is 0 Å². The van der Waals surface area contributed by atoms with Crippen molar-refractivity contribution in [3.05, 3.63) is 59.9 Å². The molecule has 2 aromatic rings. The Labute approximate surface area is 138 Å². The van der Waals surface area contributed by atoms with Crippen LogP contribution in [0.2, 0.25) is 0 Å². The van der Waals surface area contributed by atoms with Crippen LogP contribution in [0.25, 0.3) is 11.1 Å². The molecular formula is C20H25FN2. The zero-order valence-corrected chi connectivity index (χ0v) is 13.8. The summed E-state index contributed by atoms with van der Waals surface area (Å²) in [6.45, 7) is 5.76. The van der Waals surface area contributed by atoms with E-state index in [0.717, 1.165) is 51.1 Å². The molecule has 1 aliphatic rings. The first-order valence-electron chi connectivity index (χ1n) is 8.48. The largest absolute Gasteiger partial charge is 0.304 e. The molecule has 3 heteroatoms. The van der Waals surface area contributed by atoms with Crippen LogP contribution < -0.4 is 0 Å². The van der Waals surface area contributed by atoms with Crippen LogP contribution in [0.15, 0.2) is 48.5 Å². The normalized spacial score (nSPS) is 16.6. The Morgan fingerprint density at radius 2 is 1.52 bits per heavy atom. The smallest absolute Gasteiger partial charge is 0.131 e. The van der Waals surface area contributed by atoms with Gasteiger partial charge in [-0.1, -0.05) is 42.5 Å². The van der Waals surface area contributed by atoms with Gasteiger partial charge in [-0.25, -0.2) is 4.39 Å². The van der Waals surface area contributed by atoms with E-state index in [-0.39, 0.29) is 5.82 Å². The van der Waals surface area contributed by atoms with Crippen molar-refractivity contribution in [3.63, 3.8) is 0 Å². The van der Waals surface area contributed by atoms with Crippen LogP contribution in [0.1, 0.15) is 12.0 Å². The Morgan fingerprint density at radius 3 is 2.26 bits per heavy atom. The summed E-state index contributed by atoms with van der Waals surface area (Å²) in [5, 5.41) is 0. The highest BCUT2D eigenvalue weighted by Crippen LogP contribution is 2.27. The molecule has 0 atom stereocenters. The number of likely N-dealkylation sites (N-methyl/N-ethyl adjacent to an activating group) is 1. The summed E-state index contributed by atoms with van der Waals surface area (Å²) in [6, 6.07) is 15.3. The monoisotopic (exact) mass is 312 g/mol. The fourth-order valence-electron chi connectivity index (χ4n) is 3.25. The van der Waals surface area contributed by atoms with Crippen LogP contribution in [-0.2, 0) is 6.42 Å². The minimum absolute atomic E-state index is 0.140. The Morgan fingerprint density at radius 1 is 0.870 bits per heavy atom. The third kappa shape index (κ3) is 4.18. The lowest BCUT2D eigenvalue weighted by Crippen LogP contribution is -2.44. The van der Waals surface area contributed by atoms with E-state index in [0.29, 0.717) is 5.56 Å². The summed E-state index contributed by atoms with van der Waals surface area (Å²) in [6.07, 6.45) is 2.12. The fraction of sp³-hybridized carbons (Fsp3) is 0.400. The van der Waals surface area contributed by atoms with Crippen molar-refractivity contribution in [3.8, 4) is 11.1 Å². The molecule has 3 rings (SSSR count). The molecule has 122 valence electrons. The van der Waals surface area contributed by atoms with Crippen molar-refractivity contribution in [2.75, 3.05) is 39.8 Å². The topological polar surface area (TPSA) is 6.48 Å².